The molecule has 0 spiro atoms. The van der Waals surface area contributed by atoms with Crippen LogP contribution in [0.2, 0.25) is 0 Å². The van der Waals surface area contributed by atoms with Crippen LogP contribution < -0.4 is 0 Å². The third-order valence-corrected chi connectivity index (χ3v) is 3.84. The molecule has 0 saturated heterocycles. The zero-order valence-electron chi connectivity index (χ0n) is 11.7. The van der Waals surface area contributed by atoms with Crippen LogP contribution in [0.3, 0.4) is 0 Å². The summed E-state index contributed by atoms with van der Waals surface area (Å²) in [6.07, 6.45) is 0.941. The molecule has 0 heterocycles. The Labute approximate surface area is 118 Å². The molecule has 98 valence electrons. The molecule has 1 nitrogen and oxygen atoms in total. The normalized spacial score (nSPS) is 10.7. The van der Waals surface area contributed by atoms with Gasteiger partial charge in [0.2, 0.25) is 0 Å². The lowest BCUT2D eigenvalue weighted by Gasteiger charge is -2.13. The maximum atomic E-state index is 11.4. The van der Waals surface area contributed by atoms with Crippen molar-refractivity contribution in [2.24, 2.45) is 0 Å². The fourth-order valence-electron chi connectivity index (χ4n) is 2.82. The Balaban J connectivity index is 2.42. The average molecular weight is 260 g/mol. The maximum Gasteiger partial charge on any atom is 0.150 e. The summed E-state index contributed by atoms with van der Waals surface area (Å²) < 4.78 is 0. The molecule has 0 aliphatic heterocycles. The highest BCUT2D eigenvalue weighted by molar-refractivity contribution is 6.02. The minimum atomic E-state index is 0.749. The largest absolute Gasteiger partial charge is 0.298 e. The molecule has 0 N–H and O–H groups in total. The second kappa shape index (κ2) is 4.93. The van der Waals surface area contributed by atoms with E-state index in [1.807, 2.05) is 18.2 Å². The molecule has 0 aliphatic rings. The highest BCUT2D eigenvalue weighted by Crippen LogP contribution is 2.34. The molecule has 1 heteroatoms. The lowest BCUT2D eigenvalue weighted by Crippen LogP contribution is -1.93. The summed E-state index contributed by atoms with van der Waals surface area (Å²) in [5, 5.41) is 2.44. The van der Waals surface area contributed by atoms with Crippen LogP contribution in [0.5, 0.6) is 0 Å². The Bertz CT molecular complexity index is 800. The Hall–Kier alpha value is -2.41. The van der Waals surface area contributed by atoms with Crippen LogP contribution in [0, 0.1) is 13.8 Å². The number of carbonyl (C=O) groups is 1. The first kappa shape index (κ1) is 12.6. The van der Waals surface area contributed by atoms with E-state index in [2.05, 4.69) is 50.2 Å². The average Bonchev–Trinajstić information content (AvgIpc) is 2.48. The Morgan fingerprint density at radius 2 is 1.50 bits per heavy atom. The predicted octanol–water partition coefficient (Wildman–Crippen LogP) is 4.94. The lowest BCUT2D eigenvalue weighted by molar-refractivity contribution is 0.112. The molecule has 3 aromatic rings. The molecule has 0 aliphatic carbocycles. The summed E-state index contributed by atoms with van der Waals surface area (Å²) in [5.74, 6) is 0. The van der Waals surface area contributed by atoms with Gasteiger partial charge in [0, 0.05) is 5.56 Å². The van der Waals surface area contributed by atoms with Gasteiger partial charge in [-0.3, -0.25) is 4.79 Å². The van der Waals surface area contributed by atoms with Gasteiger partial charge in [0.25, 0.3) is 0 Å². The van der Waals surface area contributed by atoms with Gasteiger partial charge in [-0.2, -0.15) is 0 Å². The molecular weight excluding hydrogens is 244 g/mol. The zero-order valence-corrected chi connectivity index (χ0v) is 11.7. The van der Waals surface area contributed by atoms with Crippen LogP contribution in [-0.4, -0.2) is 6.29 Å². The van der Waals surface area contributed by atoms with Gasteiger partial charge in [-0.05, 0) is 46.9 Å². The van der Waals surface area contributed by atoms with Gasteiger partial charge in [-0.1, -0.05) is 54.6 Å². The van der Waals surface area contributed by atoms with E-state index < -0.39 is 0 Å². The van der Waals surface area contributed by atoms with E-state index in [9.17, 15) is 4.79 Å². The monoisotopic (exact) mass is 260 g/mol. The molecule has 0 aromatic heterocycles. The van der Waals surface area contributed by atoms with Gasteiger partial charge in [0.1, 0.15) is 0 Å². The number of hydrogen-bond donors (Lipinski definition) is 0. The molecule has 0 saturated carbocycles. The molecule has 0 amide bonds. The van der Waals surface area contributed by atoms with Crippen molar-refractivity contribution in [1.29, 1.82) is 0 Å². The molecule has 0 fully saturated rings. The van der Waals surface area contributed by atoms with Crippen molar-refractivity contribution in [3.8, 4) is 11.1 Å². The summed E-state index contributed by atoms with van der Waals surface area (Å²) in [4.78, 5) is 11.4. The summed E-state index contributed by atoms with van der Waals surface area (Å²) >= 11 is 0. The predicted molar refractivity (Wildman–Crippen MR) is 84.2 cm³/mol. The van der Waals surface area contributed by atoms with E-state index in [1.54, 1.807) is 0 Å². The fraction of sp³-hybridized carbons (Fsp3) is 0.105. The van der Waals surface area contributed by atoms with Gasteiger partial charge >= 0.3 is 0 Å². The van der Waals surface area contributed by atoms with Gasteiger partial charge in [0.05, 0.1) is 0 Å². The van der Waals surface area contributed by atoms with E-state index in [0.717, 1.165) is 28.5 Å². The first-order chi connectivity index (χ1) is 9.72. The van der Waals surface area contributed by atoms with Gasteiger partial charge < -0.3 is 0 Å². The summed E-state index contributed by atoms with van der Waals surface area (Å²) in [5.41, 5.74) is 5.30. The van der Waals surface area contributed by atoms with Gasteiger partial charge in [0.15, 0.2) is 6.29 Å². The van der Waals surface area contributed by atoms with Crippen molar-refractivity contribution in [1.82, 2.24) is 0 Å². The van der Waals surface area contributed by atoms with Gasteiger partial charge in [-0.25, -0.2) is 0 Å². The van der Waals surface area contributed by atoms with Crippen LogP contribution in [-0.2, 0) is 0 Å². The SMILES string of the molecule is Cc1cccc(C=O)c1-c1ccc(C)c2ccccc12. The van der Waals surface area contributed by atoms with Crippen molar-refractivity contribution < 1.29 is 4.79 Å². The van der Waals surface area contributed by atoms with Gasteiger partial charge in [-0.15, -0.1) is 0 Å². The highest BCUT2D eigenvalue weighted by atomic mass is 16.1. The fourth-order valence-corrected chi connectivity index (χ4v) is 2.82. The standard InChI is InChI=1S/C19H16O/c1-13-10-11-18(17-9-4-3-8-16(13)17)19-14(2)6-5-7-15(19)12-20/h3-12H,1-2H3. The second-order valence-corrected chi connectivity index (χ2v) is 5.13. The third-order valence-electron chi connectivity index (χ3n) is 3.84. The summed E-state index contributed by atoms with van der Waals surface area (Å²) in [6, 6.07) is 18.5. The first-order valence-electron chi connectivity index (χ1n) is 6.76. The molecule has 0 radical (unpaired) electrons. The number of hydrogen-bond acceptors (Lipinski definition) is 1. The van der Waals surface area contributed by atoms with E-state index in [4.69, 9.17) is 0 Å². The summed E-state index contributed by atoms with van der Waals surface area (Å²) in [6.45, 7) is 4.17. The van der Waals surface area contributed by atoms with E-state index in [-0.39, 0.29) is 0 Å². The van der Waals surface area contributed by atoms with E-state index >= 15 is 0 Å². The number of carbonyl (C=O) groups excluding carboxylic acids is 1. The van der Waals surface area contributed by atoms with Crippen molar-refractivity contribution >= 4 is 17.1 Å². The van der Waals surface area contributed by atoms with Crippen molar-refractivity contribution in [3.05, 3.63) is 71.3 Å². The quantitative estimate of drug-likeness (QED) is 0.597. The topological polar surface area (TPSA) is 17.1 Å². The molecule has 3 rings (SSSR count). The Morgan fingerprint density at radius 1 is 0.750 bits per heavy atom. The number of rotatable bonds is 2. The van der Waals surface area contributed by atoms with Crippen LogP contribution in [0.25, 0.3) is 21.9 Å². The Morgan fingerprint density at radius 3 is 2.25 bits per heavy atom. The molecule has 20 heavy (non-hydrogen) atoms. The summed E-state index contributed by atoms with van der Waals surface area (Å²) in [7, 11) is 0. The molecule has 0 unspecified atom stereocenters. The highest BCUT2D eigenvalue weighted by Gasteiger charge is 2.11. The smallest absolute Gasteiger partial charge is 0.150 e. The molecule has 3 aromatic carbocycles. The van der Waals surface area contributed by atoms with Crippen LogP contribution in [0.15, 0.2) is 54.6 Å². The molecule has 0 bridgehead atoms. The lowest BCUT2D eigenvalue weighted by atomic mass is 9.90. The van der Waals surface area contributed by atoms with Crippen molar-refractivity contribution in [3.63, 3.8) is 0 Å². The zero-order chi connectivity index (χ0) is 14.1. The maximum absolute atomic E-state index is 11.4. The minimum absolute atomic E-state index is 0.749. The Kier molecular flexibility index (Phi) is 3.11. The second-order valence-electron chi connectivity index (χ2n) is 5.13. The number of fused-ring (bicyclic) bond motifs is 1. The number of aryl methyl sites for hydroxylation is 2. The number of benzene rings is 3. The first-order valence-corrected chi connectivity index (χ1v) is 6.76. The number of aldehydes is 1. The van der Waals surface area contributed by atoms with Crippen molar-refractivity contribution in [2.45, 2.75) is 13.8 Å². The molecular formula is C19H16O. The van der Waals surface area contributed by atoms with E-state index in [0.29, 0.717) is 0 Å². The van der Waals surface area contributed by atoms with Crippen LogP contribution >= 0.6 is 0 Å². The minimum Gasteiger partial charge on any atom is -0.298 e. The third kappa shape index (κ3) is 1.92. The van der Waals surface area contributed by atoms with Crippen molar-refractivity contribution in [2.75, 3.05) is 0 Å². The molecule has 0 atom stereocenters. The van der Waals surface area contributed by atoms with E-state index in [1.165, 1.54) is 16.3 Å². The van der Waals surface area contributed by atoms with Crippen LogP contribution in [0.4, 0.5) is 0 Å². The van der Waals surface area contributed by atoms with Crippen LogP contribution in [0.1, 0.15) is 21.5 Å².